The third kappa shape index (κ3) is 1.37. The molecule has 0 amide bonds. The lowest BCUT2D eigenvalue weighted by atomic mass is 10.1. The van der Waals surface area contributed by atoms with Crippen molar-refractivity contribution in [2.24, 2.45) is 0 Å². The molecule has 0 spiro atoms. The van der Waals surface area contributed by atoms with Crippen LogP contribution in [0.5, 0.6) is 0 Å². The fraction of sp³-hybridized carbons (Fsp3) is 0.200. The molecule has 0 radical (unpaired) electrons. The molecule has 2 rings (SSSR count). The van der Waals surface area contributed by atoms with Crippen LogP contribution in [0.1, 0.15) is 5.56 Å². The van der Waals surface area contributed by atoms with E-state index < -0.39 is 5.92 Å². The van der Waals surface area contributed by atoms with Gasteiger partial charge in [0.25, 0.3) is 5.92 Å². The van der Waals surface area contributed by atoms with E-state index in [2.05, 4.69) is 0 Å². The van der Waals surface area contributed by atoms with E-state index in [0.29, 0.717) is 6.42 Å². The summed E-state index contributed by atoms with van der Waals surface area (Å²) in [5, 5.41) is 0. The summed E-state index contributed by atoms with van der Waals surface area (Å²) in [6.45, 7) is 0. The first kappa shape index (κ1) is 7.47. The Morgan fingerprint density at radius 1 is 1.08 bits per heavy atom. The van der Waals surface area contributed by atoms with Gasteiger partial charge < -0.3 is 0 Å². The van der Waals surface area contributed by atoms with Crippen LogP contribution in [0, 0.1) is 0 Å². The number of halogens is 2. The topological polar surface area (TPSA) is 0 Å². The van der Waals surface area contributed by atoms with Crippen LogP contribution in [0.25, 0.3) is 0 Å². The average molecular weight is 166 g/mol. The van der Waals surface area contributed by atoms with Crippen molar-refractivity contribution in [2.45, 2.75) is 12.3 Å². The Hall–Kier alpha value is -1.18. The van der Waals surface area contributed by atoms with Crippen LogP contribution in [0.15, 0.2) is 42.0 Å². The van der Waals surface area contributed by atoms with Crippen LogP contribution in [0.2, 0.25) is 0 Å². The maximum absolute atomic E-state index is 12.4. The van der Waals surface area contributed by atoms with Gasteiger partial charge in [-0.25, -0.2) is 0 Å². The molecule has 0 heterocycles. The summed E-state index contributed by atoms with van der Waals surface area (Å²) in [6, 6.07) is 9.31. The SMILES string of the molecule is FC1(F)C=C1Cc1ccccc1. The molecule has 0 nitrogen and oxygen atoms in total. The zero-order valence-electron chi connectivity index (χ0n) is 6.43. The minimum absolute atomic E-state index is 0.244. The van der Waals surface area contributed by atoms with Crippen molar-refractivity contribution in [3.63, 3.8) is 0 Å². The van der Waals surface area contributed by atoms with E-state index in [9.17, 15) is 8.78 Å². The molecule has 1 aliphatic carbocycles. The monoisotopic (exact) mass is 166 g/mol. The van der Waals surface area contributed by atoms with Gasteiger partial charge in [0.2, 0.25) is 0 Å². The van der Waals surface area contributed by atoms with Gasteiger partial charge in [-0.15, -0.1) is 0 Å². The summed E-state index contributed by atoms with van der Waals surface area (Å²) in [5.74, 6) is -2.59. The summed E-state index contributed by atoms with van der Waals surface area (Å²) >= 11 is 0. The molecule has 0 atom stereocenters. The maximum Gasteiger partial charge on any atom is 0.288 e. The van der Waals surface area contributed by atoms with Gasteiger partial charge in [-0.2, -0.15) is 8.78 Å². The van der Waals surface area contributed by atoms with Gasteiger partial charge in [0.1, 0.15) is 0 Å². The minimum Gasteiger partial charge on any atom is -0.197 e. The van der Waals surface area contributed by atoms with Crippen molar-refractivity contribution < 1.29 is 8.78 Å². The van der Waals surface area contributed by atoms with Gasteiger partial charge in [-0.1, -0.05) is 30.3 Å². The minimum atomic E-state index is -2.59. The summed E-state index contributed by atoms with van der Waals surface area (Å²) < 4.78 is 24.8. The van der Waals surface area contributed by atoms with E-state index in [0.717, 1.165) is 11.6 Å². The predicted molar refractivity (Wildman–Crippen MR) is 43.2 cm³/mol. The molecule has 1 aromatic rings. The quantitative estimate of drug-likeness (QED) is 0.592. The second-order valence-corrected chi connectivity index (χ2v) is 2.95. The smallest absolute Gasteiger partial charge is 0.197 e. The highest BCUT2D eigenvalue weighted by molar-refractivity contribution is 5.41. The molecule has 0 saturated heterocycles. The third-order valence-corrected chi connectivity index (χ3v) is 1.94. The first-order valence-electron chi connectivity index (χ1n) is 3.82. The highest BCUT2D eigenvalue weighted by Gasteiger charge is 2.44. The Bertz CT molecular complexity index is 312. The number of hydrogen-bond acceptors (Lipinski definition) is 0. The normalized spacial score (nSPS) is 18.7. The molecule has 1 aliphatic rings. The van der Waals surface area contributed by atoms with Gasteiger partial charge in [0.05, 0.1) is 0 Å². The number of allylic oxidation sites excluding steroid dienone is 2. The molecular weight excluding hydrogens is 158 g/mol. The van der Waals surface area contributed by atoms with Crippen LogP contribution in [-0.2, 0) is 6.42 Å². The van der Waals surface area contributed by atoms with Crippen molar-refractivity contribution in [2.75, 3.05) is 0 Å². The van der Waals surface area contributed by atoms with Crippen LogP contribution < -0.4 is 0 Å². The van der Waals surface area contributed by atoms with Crippen molar-refractivity contribution in [3.05, 3.63) is 47.5 Å². The lowest BCUT2D eigenvalue weighted by Gasteiger charge is -1.97. The van der Waals surface area contributed by atoms with E-state index in [4.69, 9.17) is 0 Å². The molecular formula is C10H8F2. The predicted octanol–water partition coefficient (Wildman–Crippen LogP) is 2.80. The summed E-state index contributed by atoms with van der Waals surface area (Å²) in [5.41, 5.74) is 1.19. The standard InChI is InChI=1S/C10H8F2/c11-10(12)7-9(10)6-8-4-2-1-3-5-8/h1-5,7H,6H2. The largest absolute Gasteiger partial charge is 0.288 e. The Morgan fingerprint density at radius 3 is 2.17 bits per heavy atom. The molecule has 0 aromatic heterocycles. The molecule has 2 heteroatoms. The fourth-order valence-corrected chi connectivity index (χ4v) is 1.17. The molecule has 0 unspecified atom stereocenters. The summed E-state index contributed by atoms with van der Waals surface area (Å²) in [6.07, 6.45) is 1.40. The van der Waals surface area contributed by atoms with Gasteiger partial charge in [0, 0.05) is 5.57 Å². The Kier molecular flexibility index (Phi) is 1.50. The number of benzene rings is 1. The molecule has 62 valence electrons. The van der Waals surface area contributed by atoms with Crippen LogP contribution in [0.4, 0.5) is 8.78 Å². The molecule has 1 aromatic carbocycles. The van der Waals surface area contributed by atoms with Crippen molar-refractivity contribution in [3.8, 4) is 0 Å². The lowest BCUT2D eigenvalue weighted by Crippen LogP contribution is -1.96. The maximum atomic E-state index is 12.4. The van der Waals surface area contributed by atoms with E-state index in [1.54, 1.807) is 0 Å². The van der Waals surface area contributed by atoms with Crippen LogP contribution in [0.3, 0.4) is 0 Å². The Morgan fingerprint density at radius 2 is 1.67 bits per heavy atom. The molecule has 0 bridgehead atoms. The zero-order chi connectivity index (χ0) is 8.60. The van der Waals surface area contributed by atoms with Crippen LogP contribution >= 0.6 is 0 Å². The number of rotatable bonds is 2. The highest BCUT2D eigenvalue weighted by atomic mass is 19.3. The molecule has 0 fully saturated rings. The Balaban J connectivity index is 2.03. The van der Waals surface area contributed by atoms with Crippen molar-refractivity contribution in [1.82, 2.24) is 0 Å². The number of alkyl halides is 2. The third-order valence-electron chi connectivity index (χ3n) is 1.94. The van der Waals surface area contributed by atoms with E-state index in [-0.39, 0.29) is 5.57 Å². The van der Waals surface area contributed by atoms with Crippen molar-refractivity contribution >= 4 is 0 Å². The fourth-order valence-electron chi connectivity index (χ4n) is 1.17. The second-order valence-electron chi connectivity index (χ2n) is 2.95. The van der Waals surface area contributed by atoms with Gasteiger partial charge in [-0.05, 0) is 18.1 Å². The van der Waals surface area contributed by atoms with E-state index in [1.807, 2.05) is 30.3 Å². The van der Waals surface area contributed by atoms with E-state index in [1.165, 1.54) is 0 Å². The van der Waals surface area contributed by atoms with Crippen molar-refractivity contribution in [1.29, 1.82) is 0 Å². The van der Waals surface area contributed by atoms with Gasteiger partial charge >= 0.3 is 0 Å². The molecule has 0 saturated carbocycles. The second kappa shape index (κ2) is 2.41. The lowest BCUT2D eigenvalue weighted by molar-refractivity contribution is 0.141. The molecule has 12 heavy (non-hydrogen) atoms. The van der Waals surface area contributed by atoms with Gasteiger partial charge in [0.15, 0.2) is 0 Å². The zero-order valence-corrected chi connectivity index (χ0v) is 6.43. The van der Waals surface area contributed by atoms with Gasteiger partial charge in [-0.3, -0.25) is 0 Å². The number of hydrogen-bond donors (Lipinski definition) is 0. The first-order chi connectivity index (χ1) is 5.68. The molecule has 0 aliphatic heterocycles. The Labute approximate surface area is 69.5 Å². The highest BCUT2D eigenvalue weighted by Crippen LogP contribution is 2.41. The summed E-state index contributed by atoms with van der Waals surface area (Å²) in [4.78, 5) is 0. The van der Waals surface area contributed by atoms with E-state index >= 15 is 0 Å². The molecule has 0 N–H and O–H groups in total. The summed E-state index contributed by atoms with van der Waals surface area (Å²) in [7, 11) is 0. The average Bonchev–Trinajstić information content (AvgIpc) is 2.61. The van der Waals surface area contributed by atoms with Crippen LogP contribution in [-0.4, -0.2) is 5.92 Å². The first-order valence-corrected chi connectivity index (χ1v) is 3.82.